The normalized spacial score (nSPS) is 13.7. The van der Waals surface area contributed by atoms with E-state index in [1.807, 2.05) is 33.9 Å². The molecule has 0 radical (unpaired) electrons. The third kappa shape index (κ3) is 5.34. The van der Waals surface area contributed by atoms with Crippen molar-refractivity contribution in [2.24, 2.45) is 0 Å². The van der Waals surface area contributed by atoms with Crippen LogP contribution in [0, 0.1) is 13.8 Å². The van der Waals surface area contributed by atoms with E-state index in [9.17, 15) is 8.42 Å². The first kappa shape index (κ1) is 16.2. The van der Waals surface area contributed by atoms with Crippen LogP contribution >= 0.6 is 0 Å². The van der Waals surface area contributed by atoms with Crippen LogP contribution < -0.4 is 10.0 Å². The zero-order chi connectivity index (χ0) is 14.5. The van der Waals surface area contributed by atoms with Gasteiger partial charge in [-0.15, -0.1) is 0 Å². The van der Waals surface area contributed by atoms with Gasteiger partial charge in [0, 0.05) is 11.6 Å². The number of rotatable bonds is 8. The average Bonchev–Trinajstić information content (AvgIpc) is 2.63. The SMILES string of the molecule is CNCCCCS(=O)(=O)NC(C)c1cc(C)oc1C. The Balaban J connectivity index is 2.55. The molecule has 2 N–H and O–H groups in total. The van der Waals surface area contributed by atoms with Crippen LogP contribution in [0.1, 0.15) is 42.9 Å². The predicted octanol–water partition coefficient (Wildman–Crippen LogP) is 1.88. The van der Waals surface area contributed by atoms with Gasteiger partial charge >= 0.3 is 0 Å². The first-order valence-electron chi connectivity index (χ1n) is 6.57. The van der Waals surface area contributed by atoms with Crippen LogP contribution in [0.4, 0.5) is 0 Å². The molecule has 5 nitrogen and oxygen atoms in total. The van der Waals surface area contributed by atoms with Crippen LogP contribution in [0.25, 0.3) is 0 Å². The molecule has 0 spiro atoms. The van der Waals surface area contributed by atoms with Gasteiger partial charge in [-0.2, -0.15) is 0 Å². The summed E-state index contributed by atoms with van der Waals surface area (Å²) in [5.41, 5.74) is 0.899. The molecule has 0 aromatic carbocycles. The molecule has 110 valence electrons. The van der Waals surface area contributed by atoms with E-state index >= 15 is 0 Å². The Morgan fingerprint density at radius 1 is 1.32 bits per heavy atom. The van der Waals surface area contributed by atoms with Crippen molar-refractivity contribution in [3.05, 3.63) is 23.2 Å². The first-order valence-corrected chi connectivity index (χ1v) is 8.22. The van der Waals surface area contributed by atoms with Crippen molar-refractivity contribution < 1.29 is 12.8 Å². The average molecular weight is 288 g/mol. The summed E-state index contributed by atoms with van der Waals surface area (Å²) in [6.45, 7) is 6.38. The Kier molecular flexibility index (Phi) is 6.03. The Hall–Kier alpha value is -0.850. The Labute approximate surface area is 115 Å². The summed E-state index contributed by atoms with van der Waals surface area (Å²) in [5.74, 6) is 1.73. The van der Waals surface area contributed by atoms with Gasteiger partial charge < -0.3 is 9.73 Å². The maximum absolute atomic E-state index is 11.9. The highest BCUT2D eigenvalue weighted by atomic mass is 32.2. The van der Waals surface area contributed by atoms with Crippen LogP contribution in [-0.2, 0) is 10.0 Å². The lowest BCUT2D eigenvalue weighted by Gasteiger charge is -2.13. The lowest BCUT2D eigenvalue weighted by molar-refractivity contribution is 0.496. The van der Waals surface area contributed by atoms with Crippen molar-refractivity contribution in [2.45, 2.75) is 39.7 Å². The van der Waals surface area contributed by atoms with Crippen molar-refractivity contribution >= 4 is 10.0 Å². The summed E-state index contributed by atoms with van der Waals surface area (Å²) in [6, 6.07) is 1.62. The Bertz CT molecular complexity index is 494. The highest BCUT2D eigenvalue weighted by molar-refractivity contribution is 7.89. The molecule has 1 rings (SSSR count). The summed E-state index contributed by atoms with van der Waals surface area (Å²) < 4.78 is 32.0. The zero-order valence-corrected chi connectivity index (χ0v) is 12.9. The van der Waals surface area contributed by atoms with E-state index in [2.05, 4.69) is 10.0 Å². The Morgan fingerprint density at radius 3 is 2.53 bits per heavy atom. The van der Waals surface area contributed by atoms with Crippen LogP contribution in [0.3, 0.4) is 0 Å². The van der Waals surface area contributed by atoms with E-state index < -0.39 is 10.0 Å². The van der Waals surface area contributed by atoms with E-state index in [1.165, 1.54) is 0 Å². The molecule has 0 saturated heterocycles. The summed E-state index contributed by atoms with van der Waals surface area (Å²) in [4.78, 5) is 0. The number of hydrogen-bond acceptors (Lipinski definition) is 4. The van der Waals surface area contributed by atoms with Crippen molar-refractivity contribution in [3.63, 3.8) is 0 Å². The van der Waals surface area contributed by atoms with E-state index in [1.54, 1.807) is 0 Å². The minimum absolute atomic E-state index is 0.162. The molecule has 1 heterocycles. The van der Waals surface area contributed by atoms with Gasteiger partial charge in [-0.3, -0.25) is 0 Å². The summed E-state index contributed by atoms with van der Waals surface area (Å²) in [6.07, 6.45) is 1.52. The van der Waals surface area contributed by atoms with Gasteiger partial charge in [0.1, 0.15) is 11.5 Å². The quantitative estimate of drug-likeness (QED) is 0.716. The van der Waals surface area contributed by atoms with Crippen molar-refractivity contribution in [2.75, 3.05) is 19.3 Å². The molecule has 0 aliphatic carbocycles. The first-order chi connectivity index (χ1) is 8.85. The molecule has 0 amide bonds. The molecule has 1 atom stereocenters. The predicted molar refractivity (Wildman–Crippen MR) is 76.7 cm³/mol. The van der Waals surface area contributed by atoms with Gasteiger partial charge in [-0.25, -0.2) is 13.1 Å². The lowest BCUT2D eigenvalue weighted by Crippen LogP contribution is -2.29. The molecule has 0 saturated carbocycles. The summed E-state index contributed by atoms with van der Waals surface area (Å²) >= 11 is 0. The largest absolute Gasteiger partial charge is 0.466 e. The van der Waals surface area contributed by atoms with Crippen molar-refractivity contribution in [3.8, 4) is 0 Å². The fourth-order valence-electron chi connectivity index (χ4n) is 2.07. The maximum atomic E-state index is 11.9. The second-order valence-corrected chi connectivity index (χ2v) is 6.71. The molecule has 19 heavy (non-hydrogen) atoms. The molecule has 1 aromatic rings. The fourth-order valence-corrected chi connectivity index (χ4v) is 3.43. The topological polar surface area (TPSA) is 71.3 Å². The number of nitrogens with one attached hydrogen (secondary N) is 2. The van der Waals surface area contributed by atoms with Crippen LogP contribution in [0.15, 0.2) is 10.5 Å². The van der Waals surface area contributed by atoms with Crippen molar-refractivity contribution in [1.82, 2.24) is 10.0 Å². The second-order valence-electron chi connectivity index (χ2n) is 4.84. The number of unbranched alkanes of at least 4 members (excludes halogenated alkanes) is 1. The summed E-state index contributed by atoms with van der Waals surface area (Å²) in [5, 5.41) is 3.00. The van der Waals surface area contributed by atoms with Gasteiger partial charge in [0.2, 0.25) is 10.0 Å². The monoisotopic (exact) mass is 288 g/mol. The molecule has 0 aliphatic heterocycles. The van der Waals surface area contributed by atoms with E-state index in [0.29, 0.717) is 6.42 Å². The highest BCUT2D eigenvalue weighted by Gasteiger charge is 2.18. The van der Waals surface area contributed by atoms with Gasteiger partial charge in [-0.05, 0) is 53.3 Å². The van der Waals surface area contributed by atoms with Crippen LogP contribution in [0.5, 0.6) is 0 Å². The van der Waals surface area contributed by atoms with Crippen LogP contribution in [0.2, 0.25) is 0 Å². The molecule has 1 unspecified atom stereocenters. The standard InChI is InChI=1S/C13H24N2O3S/c1-10-9-13(12(3)18-10)11(2)15-19(16,17)8-6-5-7-14-4/h9,11,14-15H,5-8H2,1-4H3. The maximum Gasteiger partial charge on any atom is 0.212 e. The third-order valence-electron chi connectivity index (χ3n) is 2.99. The minimum atomic E-state index is -3.24. The number of sulfonamides is 1. The molecule has 0 aliphatic rings. The number of hydrogen-bond donors (Lipinski definition) is 2. The van der Waals surface area contributed by atoms with E-state index in [0.717, 1.165) is 30.0 Å². The fraction of sp³-hybridized carbons (Fsp3) is 0.692. The molecule has 0 bridgehead atoms. The third-order valence-corrected chi connectivity index (χ3v) is 4.53. The van der Waals surface area contributed by atoms with Gasteiger partial charge in [0.25, 0.3) is 0 Å². The molecule has 6 heteroatoms. The molecule has 0 fully saturated rings. The lowest BCUT2D eigenvalue weighted by atomic mass is 10.1. The highest BCUT2D eigenvalue weighted by Crippen LogP contribution is 2.21. The van der Waals surface area contributed by atoms with Crippen LogP contribution in [-0.4, -0.2) is 27.8 Å². The van der Waals surface area contributed by atoms with E-state index in [-0.39, 0.29) is 11.8 Å². The molecular formula is C13H24N2O3S. The molecule has 1 aromatic heterocycles. The van der Waals surface area contributed by atoms with Gasteiger partial charge in [-0.1, -0.05) is 0 Å². The summed E-state index contributed by atoms with van der Waals surface area (Å²) in [7, 11) is -1.38. The zero-order valence-electron chi connectivity index (χ0n) is 12.1. The number of furan rings is 1. The smallest absolute Gasteiger partial charge is 0.212 e. The Morgan fingerprint density at radius 2 is 2.00 bits per heavy atom. The second kappa shape index (κ2) is 7.07. The van der Waals surface area contributed by atoms with E-state index in [4.69, 9.17) is 4.42 Å². The number of aryl methyl sites for hydroxylation is 2. The van der Waals surface area contributed by atoms with Crippen molar-refractivity contribution in [1.29, 1.82) is 0 Å². The van der Waals surface area contributed by atoms with Gasteiger partial charge in [0.05, 0.1) is 5.75 Å². The van der Waals surface area contributed by atoms with Gasteiger partial charge in [0.15, 0.2) is 0 Å². The minimum Gasteiger partial charge on any atom is -0.466 e. The molecular weight excluding hydrogens is 264 g/mol.